The van der Waals surface area contributed by atoms with Crippen molar-refractivity contribution < 1.29 is 13.9 Å². The van der Waals surface area contributed by atoms with Crippen molar-refractivity contribution in [3.63, 3.8) is 0 Å². The number of cyclic esters (lactones) is 1. The number of alkyl carbamates (subject to hydrolysis) is 1. The lowest BCUT2D eigenvalue weighted by Gasteiger charge is -1.99. The number of hydrogen-bond acceptors (Lipinski definition) is 4. The Morgan fingerprint density at radius 1 is 1.54 bits per heavy atom. The minimum absolute atomic E-state index is 0.236. The van der Waals surface area contributed by atoms with Crippen molar-refractivity contribution in [3.8, 4) is 0 Å². The largest absolute Gasteiger partial charge is 0.447 e. The van der Waals surface area contributed by atoms with Gasteiger partial charge in [0.15, 0.2) is 0 Å². The maximum atomic E-state index is 10.7. The van der Waals surface area contributed by atoms with E-state index in [-0.39, 0.29) is 12.6 Å². The summed E-state index contributed by atoms with van der Waals surface area (Å²) < 4.78 is 10.1. The number of carbonyl (C=O) groups excluding carboxylic acids is 1. The van der Waals surface area contributed by atoms with Gasteiger partial charge in [0.05, 0.1) is 5.69 Å². The molecule has 0 radical (unpaired) electrons. The number of oxazole rings is 1. The third-order valence-electron chi connectivity index (χ3n) is 2.02. The molecular weight excluding hydrogens is 172 g/mol. The van der Waals surface area contributed by atoms with E-state index in [9.17, 15) is 4.79 Å². The molecule has 1 saturated heterocycles. The fraction of sp³-hybridized carbons (Fsp3) is 0.500. The molecule has 5 nitrogen and oxygen atoms in total. The molecule has 1 aliphatic heterocycles. The van der Waals surface area contributed by atoms with Crippen LogP contribution in [0.1, 0.15) is 23.4 Å². The van der Waals surface area contributed by atoms with E-state index in [0.717, 1.165) is 11.5 Å². The standard InChI is InChI=1S/C8H10N2O3/c1-4-5(2)13-7(9-4)6-3-12-8(11)10-6/h6H,3H2,1-2H3,(H,10,11). The topological polar surface area (TPSA) is 64.4 Å². The van der Waals surface area contributed by atoms with E-state index in [1.807, 2.05) is 13.8 Å². The Morgan fingerprint density at radius 2 is 2.31 bits per heavy atom. The van der Waals surface area contributed by atoms with Gasteiger partial charge in [-0.1, -0.05) is 0 Å². The molecule has 1 amide bonds. The average Bonchev–Trinajstić information content (AvgIpc) is 2.61. The van der Waals surface area contributed by atoms with Crippen LogP contribution in [0.2, 0.25) is 0 Å². The highest BCUT2D eigenvalue weighted by molar-refractivity contribution is 5.69. The van der Waals surface area contributed by atoms with Crippen LogP contribution in [0.5, 0.6) is 0 Å². The number of aryl methyl sites for hydroxylation is 2. The van der Waals surface area contributed by atoms with Crippen LogP contribution in [0.3, 0.4) is 0 Å². The second-order valence-corrected chi connectivity index (χ2v) is 2.99. The predicted octanol–water partition coefficient (Wildman–Crippen LogP) is 1.07. The van der Waals surface area contributed by atoms with Gasteiger partial charge in [0.25, 0.3) is 0 Å². The van der Waals surface area contributed by atoms with Crippen LogP contribution < -0.4 is 5.32 Å². The number of nitrogens with one attached hydrogen (secondary N) is 1. The highest BCUT2D eigenvalue weighted by Gasteiger charge is 2.28. The van der Waals surface area contributed by atoms with Crippen LogP contribution in [0.25, 0.3) is 0 Å². The van der Waals surface area contributed by atoms with E-state index < -0.39 is 6.09 Å². The van der Waals surface area contributed by atoms with Crippen LogP contribution in [-0.2, 0) is 4.74 Å². The van der Waals surface area contributed by atoms with Gasteiger partial charge in [-0.3, -0.25) is 0 Å². The maximum absolute atomic E-state index is 10.7. The van der Waals surface area contributed by atoms with Gasteiger partial charge in [-0.15, -0.1) is 0 Å². The summed E-state index contributed by atoms with van der Waals surface area (Å²) in [6.45, 7) is 3.99. The van der Waals surface area contributed by atoms with Gasteiger partial charge in [-0.25, -0.2) is 9.78 Å². The van der Waals surface area contributed by atoms with Crippen molar-refractivity contribution in [3.05, 3.63) is 17.3 Å². The molecule has 1 aromatic heterocycles. The van der Waals surface area contributed by atoms with Gasteiger partial charge in [-0.2, -0.15) is 0 Å². The number of amides is 1. The molecule has 1 atom stereocenters. The first-order valence-electron chi connectivity index (χ1n) is 4.04. The fourth-order valence-corrected chi connectivity index (χ4v) is 1.16. The van der Waals surface area contributed by atoms with E-state index in [0.29, 0.717) is 5.89 Å². The number of aromatic nitrogens is 1. The van der Waals surface area contributed by atoms with Gasteiger partial charge in [-0.05, 0) is 13.8 Å². The smallest absolute Gasteiger partial charge is 0.407 e. The van der Waals surface area contributed by atoms with Crippen LogP contribution >= 0.6 is 0 Å². The monoisotopic (exact) mass is 182 g/mol. The number of nitrogens with zero attached hydrogens (tertiary/aromatic N) is 1. The zero-order valence-corrected chi connectivity index (χ0v) is 7.46. The number of rotatable bonds is 1. The van der Waals surface area contributed by atoms with Crippen molar-refractivity contribution >= 4 is 6.09 Å². The van der Waals surface area contributed by atoms with Crippen molar-refractivity contribution in [1.29, 1.82) is 0 Å². The lowest BCUT2D eigenvalue weighted by atomic mass is 10.3. The summed E-state index contributed by atoms with van der Waals surface area (Å²) >= 11 is 0. The number of carbonyl (C=O) groups is 1. The molecule has 5 heteroatoms. The van der Waals surface area contributed by atoms with Crippen molar-refractivity contribution in [2.24, 2.45) is 0 Å². The van der Waals surface area contributed by atoms with Gasteiger partial charge in [0.1, 0.15) is 18.4 Å². The molecule has 2 heterocycles. The van der Waals surface area contributed by atoms with E-state index >= 15 is 0 Å². The summed E-state index contributed by atoms with van der Waals surface area (Å²) in [7, 11) is 0. The molecule has 0 aliphatic carbocycles. The summed E-state index contributed by atoms with van der Waals surface area (Å²) in [5.41, 5.74) is 0.844. The molecule has 0 aromatic carbocycles. The zero-order valence-electron chi connectivity index (χ0n) is 7.46. The van der Waals surface area contributed by atoms with Crippen LogP contribution in [0, 0.1) is 13.8 Å². The minimum atomic E-state index is -0.418. The summed E-state index contributed by atoms with van der Waals surface area (Å²) in [4.78, 5) is 14.9. The van der Waals surface area contributed by atoms with Crippen LogP contribution in [0.15, 0.2) is 4.42 Å². The first-order chi connectivity index (χ1) is 6.16. The minimum Gasteiger partial charge on any atom is -0.447 e. The molecule has 1 unspecified atom stereocenters. The van der Waals surface area contributed by atoms with Crippen molar-refractivity contribution in [2.75, 3.05) is 6.61 Å². The first kappa shape index (κ1) is 8.10. The van der Waals surface area contributed by atoms with Crippen LogP contribution in [-0.4, -0.2) is 17.7 Å². The van der Waals surface area contributed by atoms with E-state index in [4.69, 9.17) is 9.15 Å². The van der Waals surface area contributed by atoms with Gasteiger partial charge >= 0.3 is 6.09 Å². The fourth-order valence-electron chi connectivity index (χ4n) is 1.16. The molecule has 2 rings (SSSR count). The molecule has 0 spiro atoms. The second kappa shape index (κ2) is 2.76. The lowest BCUT2D eigenvalue weighted by Crippen LogP contribution is -2.18. The first-order valence-corrected chi connectivity index (χ1v) is 4.04. The van der Waals surface area contributed by atoms with Gasteiger partial charge in [0, 0.05) is 0 Å². The Bertz CT molecular complexity index is 326. The molecule has 70 valence electrons. The second-order valence-electron chi connectivity index (χ2n) is 2.99. The highest BCUT2D eigenvalue weighted by Crippen LogP contribution is 2.19. The Kier molecular flexibility index (Phi) is 1.72. The molecule has 13 heavy (non-hydrogen) atoms. The number of ether oxygens (including phenoxy) is 1. The number of hydrogen-bond donors (Lipinski definition) is 1. The summed E-state index contributed by atoms with van der Waals surface area (Å²) in [6.07, 6.45) is -0.418. The lowest BCUT2D eigenvalue weighted by molar-refractivity contribution is 0.176. The molecule has 0 bridgehead atoms. The third kappa shape index (κ3) is 1.37. The average molecular weight is 182 g/mol. The van der Waals surface area contributed by atoms with Crippen LogP contribution in [0.4, 0.5) is 4.79 Å². The molecule has 1 fully saturated rings. The highest BCUT2D eigenvalue weighted by atomic mass is 16.6. The van der Waals surface area contributed by atoms with Crippen molar-refractivity contribution in [2.45, 2.75) is 19.9 Å². The zero-order chi connectivity index (χ0) is 9.42. The van der Waals surface area contributed by atoms with Gasteiger partial charge < -0.3 is 14.5 Å². The summed E-state index contributed by atoms with van der Waals surface area (Å²) in [5.74, 6) is 1.29. The third-order valence-corrected chi connectivity index (χ3v) is 2.02. The quantitative estimate of drug-likeness (QED) is 0.705. The van der Waals surface area contributed by atoms with E-state index in [1.54, 1.807) is 0 Å². The Hall–Kier alpha value is -1.52. The summed E-state index contributed by atoms with van der Waals surface area (Å²) in [5, 5.41) is 2.59. The van der Waals surface area contributed by atoms with Gasteiger partial charge in [0.2, 0.25) is 5.89 Å². The maximum Gasteiger partial charge on any atom is 0.407 e. The SMILES string of the molecule is Cc1nc(C2COC(=O)N2)oc1C. The summed E-state index contributed by atoms with van der Waals surface area (Å²) in [6, 6.07) is -0.236. The Morgan fingerprint density at radius 3 is 2.77 bits per heavy atom. The molecule has 0 saturated carbocycles. The predicted molar refractivity (Wildman–Crippen MR) is 43.2 cm³/mol. The molecular formula is C8H10N2O3. The van der Waals surface area contributed by atoms with E-state index in [1.165, 1.54) is 0 Å². The molecule has 1 aliphatic rings. The molecule has 1 N–H and O–H groups in total. The normalized spacial score (nSPS) is 21.4. The van der Waals surface area contributed by atoms with Crippen molar-refractivity contribution in [1.82, 2.24) is 10.3 Å². The molecule has 1 aromatic rings. The van der Waals surface area contributed by atoms with E-state index in [2.05, 4.69) is 10.3 Å². The Labute approximate surface area is 75.1 Å². The Balaban J connectivity index is 2.21.